The smallest absolute Gasteiger partial charge is 0.410 e. The number of hydrogen-bond acceptors (Lipinski definition) is 4. The molecule has 0 spiro atoms. The molecule has 1 atom stereocenters. The molecular formula is C19H24N2O3. The van der Waals surface area contributed by atoms with Crippen LogP contribution < -0.4 is 10.5 Å². The lowest BCUT2D eigenvalue weighted by Gasteiger charge is -2.24. The Bertz CT molecular complexity index is 752. The molecule has 1 amide bonds. The highest BCUT2D eigenvalue weighted by Crippen LogP contribution is 2.31. The summed E-state index contributed by atoms with van der Waals surface area (Å²) in [6, 6.07) is 11.7. The lowest BCUT2D eigenvalue weighted by atomic mass is 10.1. The number of fused-ring (bicyclic) bond motifs is 1. The molecule has 0 radical (unpaired) electrons. The quantitative estimate of drug-likeness (QED) is 0.851. The molecule has 5 heteroatoms. The molecule has 1 heterocycles. The second kappa shape index (κ2) is 6.23. The van der Waals surface area contributed by atoms with Gasteiger partial charge in [0.25, 0.3) is 0 Å². The molecule has 0 aliphatic carbocycles. The molecule has 128 valence electrons. The van der Waals surface area contributed by atoms with Gasteiger partial charge in [0.15, 0.2) is 0 Å². The number of carbonyl (C=O) groups is 1. The predicted octanol–water partition coefficient (Wildman–Crippen LogP) is 3.81. The van der Waals surface area contributed by atoms with Crippen LogP contribution in [0.3, 0.4) is 0 Å². The molecule has 0 bridgehead atoms. The Morgan fingerprint density at radius 2 is 1.88 bits per heavy atom. The van der Waals surface area contributed by atoms with E-state index in [-0.39, 0.29) is 12.2 Å². The monoisotopic (exact) mass is 328 g/mol. The number of benzene rings is 2. The highest BCUT2D eigenvalue weighted by atomic mass is 16.6. The van der Waals surface area contributed by atoms with Crippen molar-refractivity contribution in [2.75, 3.05) is 18.8 Å². The first kappa shape index (κ1) is 16.4. The largest absolute Gasteiger partial charge is 0.488 e. The third-order valence-corrected chi connectivity index (χ3v) is 4.01. The first-order valence-electron chi connectivity index (χ1n) is 8.25. The minimum absolute atomic E-state index is 0.0375. The molecule has 1 aliphatic heterocycles. The van der Waals surface area contributed by atoms with E-state index in [0.717, 1.165) is 28.6 Å². The Balaban J connectivity index is 1.70. The Morgan fingerprint density at radius 3 is 2.58 bits per heavy atom. The van der Waals surface area contributed by atoms with Gasteiger partial charge in [-0.15, -0.1) is 0 Å². The summed E-state index contributed by atoms with van der Waals surface area (Å²) in [5.41, 5.74) is 6.28. The van der Waals surface area contributed by atoms with Crippen LogP contribution in [-0.4, -0.2) is 35.8 Å². The summed E-state index contributed by atoms with van der Waals surface area (Å²) in [5, 5.41) is 1.98. The van der Waals surface area contributed by atoms with Gasteiger partial charge in [-0.05, 0) is 32.9 Å². The number of hydrogen-bond donors (Lipinski definition) is 1. The molecule has 1 aliphatic rings. The van der Waals surface area contributed by atoms with Crippen LogP contribution in [-0.2, 0) is 4.74 Å². The number of anilines is 1. The van der Waals surface area contributed by atoms with Crippen molar-refractivity contribution < 1.29 is 14.3 Å². The van der Waals surface area contributed by atoms with Gasteiger partial charge in [-0.1, -0.05) is 24.3 Å². The molecule has 2 aromatic rings. The van der Waals surface area contributed by atoms with E-state index in [4.69, 9.17) is 15.2 Å². The molecule has 2 N–H and O–H groups in total. The van der Waals surface area contributed by atoms with Gasteiger partial charge in [0.05, 0.1) is 6.54 Å². The second-order valence-electron chi connectivity index (χ2n) is 7.15. The van der Waals surface area contributed by atoms with Crippen molar-refractivity contribution >= 4 is 22.6 Å². The SMILES string of the molecule is CC(C)(C)OC(=O)N1CCC(Oc2ccc(N)c3ccccc23)C1. The molecule has 24 heavy (non-hydrogen) atoms. The fourth-order valence-corrected chi connectivity index (χ4v) is 2.89. The number of likely N-dealkylation sites (tertiary alicyclic amines) is 1. The van der Waals surface area contributed by atoms with Crippen molar-refractivity contribution in [3.63, 3.8) is 0 Å². The van der Waals surface area contributed by atoms with Crippen LogP contribution in [0.25, 0.3) is 10.8 Å². The Labute approximate surface area is 142 Å². The van der Waals surface area contributed by atoms with Gasteiger partial charge in [0.1, 0.15) is 17.5 Å². The van der Waals surface area contributed by atoms with Gasteiger partial charge >= 0.3 is 6.09 Å². The number of carbonyl (C=O) groups excluding carboxylic acids is 1. The summed E-state index contributed by atoms with van der Waals surface area (Å²) in [6.07, 6.45) is 0.470. The lowest BCUT2D eigenvalue weighted by molar-refractivity contribution is 0.0276. The van der Waals surface area contributed by atoms with E-state index >= 15 is 0 Å². The van der Waals surface area contributed by atoms with E-state index in [2.05, 4.69) is 0 Å². The molecule has 0 saturated carbocycles. The molecule has 1 saturated heterocycles. The van der Waals surface area contributed by atoms with E-state index in [0.29, 0.717) is 13.1 Å². The number of nitrogens with two attached hydrogens (primary N) is 1. The molecule has 5 nitrogen and oxygen atoms in total. The van der Waals surface area contributed by atoms with Crippen LogP contribution in [0.4, 0.5) is 10.5 Å². The Kier molecular flexibility index (Phi) is 4.26. The maximum atomic E-state index is 12.1. The van der Waals surface area contributed by atoms with Gasteiger partial charge in [-0.25, -0.2) is 4.79 Å². The summed E-state index contributed by atoms with van der Waals surface area (Å²) >= 11 is 0. The number of rotatable bonds is 2. The van der Waals surface area contributed by atoms with Crippen LogP contribution in [0.15, 0.2) is 36.4 Å². The number of nitrogens with zero attached hydrogens (tertiary/aromatic N) is 1. The average Bonchev–Trinajstić information content (AvgIpc) is 2.98. The van der Waals surface area contributed by atoms with E-state index < -0.39 is 5.60 Å². The summed E-state index contributed by atoms with van der Waals surface area (Å²) in [7, 11) is 0. The standard InChI is InChI=1S/C19H24N2O3/c1-19(2,3)24-18(22)21-11-10-13(12-21)23-17-9-8-16(20)14-6-4-5-7-15(14)17/h4-9,13H,10-12,20H2,1-3H3. The molecule has 2 aromatic carbocycles. The van der Waals surface area contributed by atoms with Gasteiger partial charge < -0.3 is 20.1 Å². The second-order valence-corrected chi connectivity index (χ2v) is 7.15. The van der Waals surface area contributed by atoms with Crippen molar-refractivity contribution in [3.8, 4) is 5.75 Å². The van der Waals surface area contributed by atoms with E-state index in [1.807, 2.05) is 57.2 Å². The fraction of sp³-hybridized carbons (Fsp3) is 0.421. The van der Waals surface area contributed by atoms with E-state index in [1.165, 1.54) is 0 Å². The first-order valence-corrected chi connectivity index (χ1v) is 8.25. The van der Waals surface area contributed by atoms with Gasteiger partial charge in [0, 0.05) is 29.4 Å². The van der Waals surface area contributed by atoms with Crippen molar-refractivity contribution in [3.05, 3.63) is 36.4 Å². The first-order chi connectivity index (χ1) is 11.3. The summed E-state index contributed by atoms with van der Waals surface area (Å²) < 4.78 is 11.6. The topological polar surface area (TPSA) is 64.8 Å². The highest BCUT2D eigenvalue weighted by Gasteiger charge is 2.31. The molecule has 1 unspecified atom stereocenters. The third kappa shape index (κ3) is 3.55. The van der Waals surface area contributed by atoms with Crippen molar-refractivity contribution in [2.24, 2.45) is 0 Å². The van der Waals surface area contributed by atoms with E-state index in [9.17, 15) is 4.79 Å². The Morgan fingerprint density at radius 1 is 1.17 bits per heavy atom. The van der Waals surface area contributed by atoms with Gasteiger partial charge in [-0.3, -0.25) is 0 Å². The third-order valence-electron chi connectivity index (χ3n) is 4.01. The number of amides is 1. The van der Waals surface area contributed by atoms with Crippen molar-refractivity contribution in [1.29, 1.82) is 0 Å². The van der Waals surface area contributed by atoms with Crippen LogP contribution >= 0.6 is 0 Å². The van der Waals surface area contributed by atoms with Gasteiger partial charge in [0.2, 0.25) is 0 Å². The van der Waals surface area contributed by atoms with Crippen LogP contribution in [0.5, 0.6) is 5.75 Å². The molecule has 1 fully saturated rings. The Hall–Kier alpha value is -2.43. The van der Waals surface area contributed by atoms with Crippen LogP contribution in [0.2, 0.25) is 0 Å². The minimum Gasteiger partial charge on any atom is -0.488 e. The zero-order chi connectivity index (χ0) is 17.3. The zero-order valence-electron chi connectivity index (χ0n) is 14.4. The number of ether oxygens (including phenoxy) is 2. The van der Waals surface area contributed by atoms with Crippen molar-refractivity contribution in [2.45, 2.75) is 38.9 Å². The van der Waals surface area contributed by atoms with E-state index in [1.54, 1.807) is 4.90 Å². The minimum atomic E-state index is -0.483. The summed E-state index contributed by atoms with van der Waals surface area (Å²) in [4.78, 5) is 13.9. The molecule has 0 aromatic heterocycles. The average molecular weight is 328 g/mol. The lowest BCUT2D eigenvalue weighted by Crippen LogP contribution is -2.36. The summed E-state index contributed by atoms with van der Waals surface area (Å²) in [6.45, 7) is 6.79. The molecular weight excluding hydrogens is 304 g/mol. The predicted molar refractivity (Wildman–Crippen MR) is 95.2 cm³/mol. The molecule has 3 rings (SSSR count). The van der Waals surface area contributed by atoms with Crippen LogP contribution in [0, 0.1) is 0 Å². The normalized spacial score (nSPS) is 18.0. The van der Waals surface area contributed by atoms with Crippen molar-refractivity contribution in [1.82, 2.24) is 4.90 Å². The highest BCUT2D eigenvalue weighted by molar-refractivity contribution is 5.97. The summed E-state index contributed by atoms with van der Waals surface area (Å²) in [5.74, 6) is 0.802. The van der Waals surface area contributed by atoms with Crippen LogP contribution in [0.1, 0.15) is 27.2 Å². The van der Waals surface area contributed by atoms with Gasteiger partial charge in [-0.2, -0.15) is 0 Å². The zero-order valence-corrected chi connectivity index (χ0v) is 14.4. The number of nitrogen functional groups attached to an aromatic ring is 1. The maximum absolute atomic E-state index is 12.1. The fourth-order valence-electron chi connectivity index (χ4n) is 2.89. The maximum Gasteiger partial charge on any atom is 0.410 e.